The third-order valence-electron chi connectivity index (χ3n) is 5.78. The summed E-state index contributed by atoms with van der Waals surface area (Å²) < 4.78 is 1.72. The first-order valence-corrected chi connectivity index (χ1v) is 7.91. The van der Waals surface area contributed by atoms with Crippen LogP contribution in [0, 0.1) is 30.6 Å². The SMILES string of the molecule is Cc1nn(C)cc1C(=O)NC1C2CC3CC(C2)CC1C3. The van der Waals surface area contributed by atoms with Crippen molar-refractivity contribution in [3.05, 3.63) is 17.5 Å². The quantitative estimate of drug-likeness (QED) is 0.898. The van der Waals surface area contributed by atoms with E-state index in [1.165, 1.54) is 32.1 Å². The number of hydrogen-bond donors (Lipinski definition) is 1. The zero-order valence-electron chi connectivity index (χ0n) is 12.3. The van der Waals surface area contributed by atoms with E-state index in [0.29, 0.717) is 6.04 Å². The molecule has 4 heteroatoms. The molecule has 20 heavy (non-hydrogen) atoms. The first-order chi connectivity index (χ1) is 9.60. The van der Waals surface area contributed by atoms with Crippen LogP contribution in [0.25, 0.3) is 0 Å². The first-order valence-electron chi connectivity index (χ1n) is 7.91. The topological polar surface area (TPSA) is 46.9 Å². The maximum absolute atomic E-state index is 12.5. The Bertz CT molecular complexity index is 520. The van der Waals surface area contributed by atoms with Gasteiger partial charge in [0.15, 0.2) is 0 Å². The fraction of sp³-hybridized carbons (Fsp3) is 0.750. The van der Waals surface area contributed by atoms with Crippen LogP contribution in [-0.2, 0) is 7.05 Å². The van der Waals surface area contributed by atoms with Crippen molar-refractivity contribution < 1.29 is 4.79 Å². The van der Waals surface area contributed by atoms with E-state index >= 15 is 0 Å². The third kappa shape index (κ3) is 1.88. The van der Waals surface area contributed by atoms with Gasteiger partial charge in [0.05, 0.1) is 11.3 Å². The van der Waals surface area contributed by atoms with Gasteiger partial charge in [0.1, 0.15) is 0 Å². The summed E-state index contributed by atoms with van der Waals surface area (Å²) in [6.45, 7) is 1.91. The molecule has 4 aliphatic rings. The molecule has 0 spiro atoms. The summed E-state index contributed by atoms with van der Waals surface area (Å²) in [6, 6.07) is 0.412. The maximum atomic E-state index is 12.5. The van der Waals surface area contributed by atoms with Crippen molar-refractivity contribution in [1.29, 1.82) is 0 Å². The van der Waals surface area contributed by atoms with Crippen LogP contribution in [0.5, 0.6) is 0 Å². The minimum absolute atomic E-state index is 0.0769. The average Bonchev–Trinajstić information content (AvgIpc) is 2.72. The highest BCUT2D eigenvalue weighted by molar-refractivity contribution is 5.95. The lowest BCUT2D eigenvalue weighted by atomic mass is 9.54. The van der Waals surface area contributed by atoms with Gasteiger partial charge < -0.3 is 5.32 Å². The van der Waals surface area contributed by atoms with E-state index in [-0.39, 0.29) is 5.91 Å². The lowest BCUT2D eigenvalue weighted by molar-refractivity contribution is -0.0119. The van der Waals surface area contributed by atoms with Crippen molar-refractivity contribution in [1.82, 2.24) is 15.1 Å². The molecule has 0 radical (unpaired) electrons. The van der Waals surface area contributed by atoms with Crippen molar-refractivity contribution in [2.75, 3.05) is 0 Å². The largest absolute Gasteiger partial charge is 0.349 e. The molecule has 0 unspecified atom stereocenters. The number of nitrogens with one attached hydrogen (secondary N) is 1. The Morgan fingerprint density at radius 1 is 1.20 bits per heavy atom. The molecule has 0 aliphatic heterocycles. The van der Waals surface area contributed by atoms with Gasteiger partial charge in [-0.25, -0.2) is 0 Å². The molecule has 4 aliphatic carbocycles. The molecule has 4 nitrogen and oxygen atoms in total. The molecule has 1 N–H and O–H groups in total. The van der Waals surface area contributed by atoms with Crippen LogP contribution >= 0.6 is 0 Å². The maximum Gasteiger partial charge on any atom is 0.254 e. The number of amides is 1. The van der Waals surface area contributed by atoms with Crippen molar-refractivity contribution in [2.45, 2.75) is 45.1 Å². The monoisotopic (exact) mass is 273 g/mol. The van der Waals surface area contributed by atoms with E-state index in [1.54, 1.807) is 4.68 Å². The van der Waals surface area contributed by atoms with Crippen LogP contribution in [0.2, 0.25) is 0 Å². The standard InChI is InChI=1S/C16H23N3O/c1-9-14(8-19(2)18-9)16(20)17-15-12-4-10-3-11(6-12)7-13(15)5-10/h8,10-13,15H,3-7H2,1-2H3,(H,17,20). The lowest BCUT2D eigenvalue weighted by Gasteiger charge is -2.54. The van der Waals surface area contributed by atoms with Crippen molar-refractivity contribution in [2.24, 2.45) is 30.7 Å². The molecule has 1 aromatic heterocycles. The first kappa shape index (κ1) is 12.4. The summed E-state index contributed by atoms with van der Waals surface area (Å²) in [5.74, 6) is 3.43. The van der Waals surface area contributed by atoms with Crippen LogP contribution in [0.15, 0.2) is 6.20 Å². The van der Waals surface area contributed by atoms with Crippen LogP contribution in [-0.4, -0.2) is 21.7 Å². The van der Waals surface area contributed by atoms with Gasteiger partial charge in [-0.2, -0.15) is 5.10 Å². The number of aryl methyl sites for hydroxylation is 2. The molecule has 0 atom stereocenters. The highest BCUT2D eigenvalue weighted by atomic mass is 16.1. The normalized spacial score (nSPS) is 38.2. The summed E-state index contributed by atoms with van der Waals surface area (Å²) >= 11 is 0. The average molecular weight is 273 g/mol. The number of carbonyl (C=O) groups is 1. The second-order valence-corrected chi connectivity index (χ2v) is 7.23. The van der Waals surface area contributed by atoms with Gasteiger partial charge in [-0.15, -0.1) is 0 Å². The van der Waals surface area contributed by atoms with Gasteiger partial charge in [0.25, 0.3) is 5.91 Å². The van der Waals surface area contributed by atoms with Gasteiger partial charge >= 0.3 is 0 Å². The zero-order valence-corrected chi connectivity index (χ0v) is 12.3. The van der Waals surface area contributed by atoms with Crippen molar-refractivity contribution in [3.63, 3.8) is 0 Å². The summed E-state index contributed by atoms with van der Waals surface area (Å²) in [5, 5.41) is 7.61. The number of aromatic nitrogens is 2. The number of nitrogens with zero attached hydrogens (tertiary/aromatic N) is 2. The highest BCUT2D eigenvalue weighted by Crippen LogP contribution is 2.53. The van der Waals surface area contributed by atoms with Gasteiger partial charge in [0.2, 0.25) is 0 Å². The summed E-state index contributed by atoms with van der Waals surface area (Å²) in [5.41, 5.74) is 1.56. The second-order valence-electron chi connectivity index (χ2n) is 7.23. The Labute approximate surface area is 119 Å². The molecule has 0 aromatic carbocycles. The smallest absolute Gasteiger partial charge is 0.254 e. The highest BCUT2D eigenvalue weighted by Gasteiger charge is 2.48. The molecule has 1 heterocycles. The molecule has 1 aromatic rings. The molecule has 4 saturated carbocycles. The predicted molar refractivity (Wildman–Crippen MR) is 76.2 cm³/mol. The minimum atomic E-state index is 0.0769. The number of rotatable bonds is 2. The van der Waals surface area contributed by atoms with E-state index in [2.05, 4.69) is 10.4 Å². The summed E-state index contributed by atoms with van der Waals surface area (Å²) in [6.07, 6.45) is 8.64. The van der Waals surface area contributed by atoms with Gasteiger partial charge in [-0.3, -0.25) is 9.48 Å². The zero-order chi connectivity index (χ0) is 13.9. The Kier molecular flexibility index (Phi) is 2.69. The molecule has 108 valence electrons. The van der Waals surface area contributed by atoms with Crippen molar-refractivity contribution in [3.8, 4) is 0 Å². The Balaban J connectivity index is 1.52. The molecule has 4 bridgehead atoms. The van der Waals surface area contributed by atoms with E-state index < -0.39 is 0 Å². The third-order valence-corrected chi connectivity index (χ3v) is 5.78. The van der Waals surface area contributed by atoms with E-state index in [1.807, 2.05) is 20.2 Å². The van der Waals surface area contributed by atoms with Crippen molar-refractivity contribution >= 4 is 5.91 Å². The van der Waals surface area contributed by atoms with Gasteiger partial charge in [-0.05, 0) is 62.7 Å². The Morgan fingerprint density at radius 2 is 1.80 bits per heavy atom. The fourth-order valence-electron chi connectivity index (χ4n) is 5.21. The molecule has 0 saturated heterocycles. The number of hydrogen-bond acceptors (Lipinski definition) is 2. The molecular weight excluding hydrogens is 250 g/mol. The van der Waals surface area contributed by atoms with E-state index in [0.717, 1.165) is 34.9 Å². The van der Waals surface area contributed by atoms with Crippen LogP contribution < -0.4 is 5.32 Å². The molecule has 4 fully saturated rings. The van der Waals surface area contributed by atoms with E-state index in [9.17, 15) is 4.79 Å². The van der Waals surface area contributed by atoms with E-state index in [4.69, 9.17) is 0 Å². The molecule has 5 rings (SSSR count). The summed E-state index contributed by atoms with van der Waals surface area (Å²) in [4.78, 5) is 12.5. The second kappa shape index (κ2) is 4.34. The van der Waals surface area contributed by atoms with Gasteiger partial charge in [0, 0.05) is 19.3 Å². The predicted octanol–water partition coefficient (Wildman–Crippen LogP) is 2.28. The summed E-state index contributed by atoms with van der Waals surface area (Å²) in [7, 11) is 1.87. The van der Waals surface area contributed by atoms with Crippen LogP contribution in [0.4, 0.5) is 0 Å². The molecular formula is C16H23N3O. The number of carbonyl (C=O) groups excluding carboxylic acids is 1. The minimum Gasteiger partial charge on any atom is -0.349 e. The Morgan fingerprint density at radius 3 is 2.30 bits per heavy atom. The Hall–Kier alpha value is -1.32. The molecule has 1 amide bonds. The lowest BCUT2D eigenvalue weighted by Crippen LogP contribution is -2.55. The fourth-order valence-corrected chi connectivity index (χ4v) is 5.21. The van der Waals surface area contributed by atoms with Gasteiger partial charge in [-0.1, -0.05) is 0 Å². The van der Waals surface area contributed by atoms with Crippen LogP contribution in [0.3, 0.4) is 0 Å². The van der Waals surface area contributed by atoms with Crippen LogP contribution in [0.1, 0.15) is 48.2 Å².